The topological polar surface area (TPSA) is 52.0 Å². The normalized spacial score (nSPS) is 11.2. The van der Waals surface area contributed by atoms with Crippen molar-refractivity contribution in [3.63, 3.8) is 0 Å². The Morgan fingerprint density at radius 2 is 1.11 bits per heavy atom. The van der Waals surface area contributed by atoms with E-state index in [0.717, 1.165) is 0 Å². The number of thiol groups is 2. The minimum Gasteiger partial charge on any atom is -0.397 e. The number of nitrogen functional groups attached to an aromatic ring is 2. The molecule has 8 heteroatoms. The van der Waals surface area contributed by atoms with E-state index in [1.807, 2.05) is 0 Å². The molecule has 0 bridgehead atoms. The largest absolute Gasteiger partial charge is 0.397 e. The van der Waals surface area contributed by atoms with Gasteiger partial charge in [-0.25, -0.2) is 17.6 Å². The van der Waals surface area contributed by atoms with Crippen molar-refractivity contribution in [1.29, 1.82) is 0 Å². The molecule has 0 amide bonds. The first-order valence-corrected chi connectivity index (χ1v) is 5.42. The van der Waals surface area contributed by atoms with Crippen LogP contribution in [-0.2, 0) is 0 Å². The number of nitrogens with two attached hydrogens (primary N) is 2. The van der Waals surface area contributed by atoms with Crippen molar-refractivity contribution < 1.29 is 17.6 Å². The molecule has 0 saturated carbocycles. The molecule has 0 aliphatic heterocycles. The minimum atomic E-state index is -1.47. The van der Waals surface area contributed by atoms with Gasteiger partial charge >= 0.3 is 0 Å². The van der Waals surface area contributed by atoms with Crippen molar-refractivity contribution in [2.75, 3.05) is 11.5 Å². The number of rotatable bonds is 0. The quantitative estimate of drug-likeness (QED) is 0.343. The van der Waals surface area contributed by atoms with E-state index in [4.69, 9.17) is 11.5 Å². The average Bonchev–Trinajstić information content (AvgIpc) is 2.35. The SMILES string of the molecule is Nc1c(F)c(F)c2c(N)c(S)c(F)c(F)c2c1S. The van der Waals surface area contributed by atoms with E-state index in [1.54, 1.807) is 0 Å². The highest BCUT2D eigenvalue weighted by atomic mass is 32.1. The maximum Gasteiger partial charge on any atom is 0.183 e. The van der Waals surface area contributed by atoms with Gasteiger partial charge in [-0.3, -0.25) is 0 Å². The molecule has 0 heterocycles. The summed E-state index contributed by atoms with van der Waals surface area (Å²) in [4.78, 5) is -1.02. The minimum absolute atomic E-state index is 0.416. The van der Waals surface area contributed by atoms with E-state index in [9.17, 15) is 17.6 Å². The van der Waals surface area contributed by atoms with Crippen LogP contribution in [0.3, 0.4) is 0 Å². The van der Waals surface area contributed by atoms with Crippen LogP contribution in [0.2, 0.25) is 0 Å². The number of anilines is 2. The maximum absolute atomic E-state index is 13.7. The molecule has 0 aliphatic carbocycles. The highest BCUT2D eigenvalue weighted by Gasteiger charge is 2.25. The summed E-state index contributed by atoms with van der Waals surface area (Å²) in [6.07, 6.45) is 0. The molecule has 2 aromatic rings. The molecular formula is C10H6F4N2S2. The molecule has 0 fully saturated rings. The van der Waals surface area contributed by atoms with Crippen LogP contribution in [0.5, 0.6) is 0 Å². The second kappa shape index (κ2) is 4.13. The first-order valence-electron chi connectivity index (χ1n) is 4.53. The Morgan fingerprint density at radius 1 is 0.611 bits per heavy atom. The van der Waals surface area contributed by atoms with Crippen LogP contribution < -0.4 is 11.5 Å². The molecule has 0 aromatic heterocycles. The summed E-state index contributed by atoms with van der Waals surface area (Å²) < 4.78 is 54.3. The van der Waals surface area contributed by atoms with E-state index in [0.29, 0.717) is 0 Å². The van der Waals surface area contributed by atoms with Gasteiger partial charge in [0.25, 0.3) is 0 Å². The van der Waals surface area contributed by atoms with E-state index in [2.05, 4.69) is 25.3 Å². The maximum atomic E-state index is 13.7. The van der Waals surface area contributed by atoms with Crippen molar-refractivity contribution in [1.82, 2.24) is 0 Å². The zero-order valence-corrected chi connectivity index (χ0v) is 10.3. The summed E-state index contributed by atoms with van der Waals surface area (Å²) in [6, 6.07) is 0. The fourth-order valence-corrected chi connectivity index (χ4v) is 2.13. The zero-order valence-electron chi connectivity index (χ0n) is 8.56. The van der Waals surface area contributed by atoms with Gasteiger partial charge in [0, 0.05) is 15.7 Å². The molecule has 0 radical (unpaired) electrons. The van der Waals surface area contributed by atoms with Gasteiger partial charge in [0.15, 0.2) is 23.3 Å². The Balaban J connectivity index is 3.22. The van der Waals surface area contributed by atoms with Crippen LogP contribution in [0, 0.1) is 23.3 Å². The van der Waals surface area contributed by atoms with Crippen LogP contribution >= 0.6 is 25.3 Å². The monoisotopic (exact) mass is 294 g/mol. The van der Waals surface area contributed by atoms with Gasteiger partial charge in [-0.1, -0.05) is 0 Å². The van der Waals surface area contributed by atoms with Crippen LogP contribution in [0.1, 0.15) is 0 Å². The number of benzene rings is 2. The molecule has 2 aromatic carbocycles. The van der Waals surface area contributed by atoms with E-state index in [-0.39, 0.29) is 0 Å². The van der Waals surface area contributed by atoms with Gasteiger partial charge in [0.1, 0.15) is 0 Å². The van der Waals surface area contributed by atoms with E-state index in [1.165, 1.54) is 0 Å². The Hall–Kier alpha value is -1.28. The fraction of sp³-hybridized carbons (Fsp3) is 0. The summed E-state index contributed by atoms with van der Waals surface area (Å²) in [5.74, 6) is -5.69. The van der Waals surface area contributed by atoms with Gasteiger partial charge < -0.3 is 11.5 Å². The van der Waals surface area contributed by atoms with E-state index < -0.39 is 55.2 Å². The Morgan fingerprint density at radius 3 is 1.67 bits per heavy atom. The number of hydrogen-bond donors (Lipinski definition) is 4. The molecule has 2 nitrogen and oxygen atoms in total. The summed E-state index contributed by atoms with van der Waals surface area (Å²) in [6.45, 7) is 0. The molecule has 0 unspecified atom stereocenters. The van der Waals surface area contributed by atoms with Gasteiger partial charge in [-0.15, -0.1) is 25.3 Å². The van der Waals surface area contributed by atoms with Crippen molar-refractivity contribution in [2.45, 2.75) is 9.79 Å². The highest BCUT2D eigenvalue weighted by molar-refractivity contribution is 7.81. The lowest BCUT2D eigenvalue weighted by atomic mass is 10.1. The van der Waals surface area contributed by atoms with Crippen molar-refractivity contribution in [3.8, 4) is 0 Å². The smallest absolute Gasteiger partial charge is 0.183 e. The molecule has 4 N–H and O–H groups in total. The molecule has 18 heavy (non-hydrogen) atoms. The first-order chi connectivity index (χ1) is 8.29. The molecule has 2 rings (SSSR count). The third kappa shape index (κ3) is 1.52. The van der Waals surface area contributed by atoms with Gasteiger partial charge in [0.2, 0.25) is 0 Å². The van der Waals surface area contributed by atoms with Crippen LogP contribution in [-0.4, -0.2) is 0 Å². The lowest BCUT2D eigenvalue weighted by molar-refractivity contribution is 0.495. The van der Waals surface area contributed by atoms with Crippen LogP contribution in [0.25, 0.3) is 10.8 Å². The number of fused-ring (bicyclic) bond motifs is 1. The van der Waals surface area contributed by atoms with Crippen LogP contribution in [0.4, 0.5) is 28.9 Å². The Kier molecular flexibility index (Phi) is 3.02. The van der Waals surface area contributed by atoms with Crippen molar-refractivity contribution in [2.24, 2.45) is 0 Å². The van der Waals surface area contributed by atoms with Gasteiger partial charge in [-0.05, 0) is 0 Å². The Bertz CT molecular complexity index is 575. The summed E-state index contributed by atoms with van der Waals surface area (Å²) in [5.41, 5.74) is 9.40. The van der Waals surface area contributed by atoms with Crippen molar-refractivity contribution in [3.05, 3.63) is 23.3 Å². The lowest BCUT2D eigenvalue weighted by Gasteiger charge is -2.13. The molecular weight excluding hydrogens is 288 g/mol. The lowest BCUT2D eigenvalue weighted by Crippen LogP contribution is -2.05. The van der Waals surface area contributed by atoms with Crippen molar-refractivity contribution >= 4 is 47.4 Å². The third-order valence-corrected chi connectivity index (χ3v) is 3.44. The molecule has 96 valence electrons. The van der Waals surface area contributed by atoms with Crippen LogP contribution in [0.15, 0.2) is 9.79 Å². The number of halogens is 4. The highest BCUT2D eigenvalue weighted by Crippen LogP contribution is 2.41. The molecule has 0 atom stereocenters. The van der Waals surface area contributed by atoms with Gasteiger partial charge in [-0.2, -0.15) is 0 Å². The molecule has 0 spiro atoms. The summed E-state index contributed by atoms with van der Waals surface area (Å²) in [5, 5.41) is -1.24. The van der Waals surface area contributed by atoms with E-state index >= 15 is 0 Å². The molecule has 0 saturated heterocycles. The first kappa shape index (κ1) is 13.2. The standard InChI is InChI=1S/C10H6F4N2S2/c11-3-1-2(9(17)8(16)5(3)13)4(12)6(14)10(18)7(1)15/h17-18H,15-16H2. The fourth-order valence-electron chi connectivity index (χ4n) is 1.61. The summed E-state index contributed by atoms with van der Waals surface area (Å²) >= 11 is 7.37. The second-order valence-corrected chi connectivity index (χ2v) is 4.42. The number of hydrogen-bond acceptors (Lipinski definition) is 4. The predicted octanol–water partition coefficient (Wildman–Crippen LogP) is 3.14. The zero-order chi connectivity index (χ0) is 13.8. The second-order valence-electron chi connectivity index (χ2n) is 3.53. The third-order valence-electron chi connectivity index (χ3n) is 2.54. The Labute approximate surface area is 110 Å². The van der Waals surface area contributed by atoms with Gasteiger partial charge in [0.05, 0.1) is 16.3 Å². The summed E-state index contributed by atoms with van der Waals surface area (Å²) in [7, 11) is 0. The predicted molar refractivity (Wildman–Crippen MR) is 67.1 cm³/mol. The average molecular weight is 294 g/mol. The molecule has 0 aliphatic rings.